The van der Waals surface area contributed by atoms with Gasteiger partial charge < -0.3 is 0 Å². The van der Waals surface area contributed by atoms with Crippen molar-refractivity contribution in [1.82, 2.24) is 0 Å². The highest BCUT2D eigenvalue weighted by Crippen LogP contribution is 2.41. The lowest BCUT2D eigenvalue weighted by atomic mass is 10.1. The third-order valence-corrected chi connectivity index (χ3v) is 2.24. The Kier molecular flexibility index (Phi) is 1.72. The Morgan fingerprint density at radius 1 is 1.42 bits per heavy atom. The average molecular weight is 161 g/mol. The molecule has 0 nitrogen and oxygen atoms in total. The van der Waals surface area contributed by atoms with Gasteiger partial charge in [0.05, 0.1) is 0 Å². The normalized spacial score (nSPS) is 16.1. The molecule has 0 bridgehead atoms. The second-order valence-corrected chi connectivity index (χ2v) is 3.16. The van der Waals surface area contributed by atoms with Gasteiger partial charge in [-0.3, -0.25) is 0 Å². The molecule has 2 rings (SSSR count). The number of rotatable bonds is 2. The van der Waals surface area contributed by atoms with Crippen molar-refractivity contribution in [2.75, 3.05) is 0 Å². The van der Waals surface area contributed by atoms with Crippen LogP contribution < -0.4 is 0 Å². The summed E-state index contributed by atoms with van der Waals surface area (Å²) in [5.41, 5.74) is 1.34. The standard InChI is InChI=1S/C11H10F/c1-2-8-4-3-5-10(11(8)12)9-6-7-9/h3-5,9H,1,6-7H2. The molecule has 1 aliphatic carbocycles. The van der Waals surface area contributed by atoms with Gasteiger partial charge in [-0.2, -0.15) is 0 Å². The first-order chi connectivity index (χ1) is 5.83. The Balaban J connectivity index is 2.47. The lowest BCUT2D eigenvalue weighted by Gasteiger charge is -2.02. The quantitative estimate of drug-likeness (QED) is 0.625. The van der Waals surface area contributed by atoms with Crippen LogP contribution in [0.15, 0.2) is 24.8 Å². The number of benzene rings is 1. The van der Waals surface area contributed by atoms with E-state index in [1.165, 1.54) is 0 Å². The highest BCUT2D eigenvalue weighted by molar-refractivity contribution is 5.33. The third-order valence-electron chi connectivity index (χ3n) is 2.24. The molecular formula is C11H10F. The number of hydrogen-bond donors (Lipinski definition) is 0. The summed E-state index contributed by atoms with van der Waals surface area (Å²) in [6.45, 7) is 3.45. The van der Waals surface area contributed by atoms with Crippen molar-refractivity contribution in [3.05, 3.63) is 47.8 Å². The van der Waals surface area contributed by atoms with Gasteiger partial charge in [0.1, 0.15) is 5.82 Å². The predicted octanol–water partition coefficient (Wildman–Crippen LogP) is 3.04. The van der Waals surface area contributed by atoms with Crippen LogP contribution in [0, 0.1) is 11.9 Å². The molecule has 0 unspecified atom stereocenters. The number of hydrogen-bond acceptors (Lipinski definition) is 0. The van der Waals surface area contributed by atoms with E-state index in [4.69, 9.17) is 0 Å². The fourth-order valence-corrected chi connectivity index (χ4v) is 1.40. The molecule has 0 aromatic heterocycles. The zero-order chi connectivity index (χ0) is 8.55. The molecule has 12 heavy (non-hydrogen) atoms. The molecule has 0 N–H and O–H groups in total. The molecule has 61 valence electrons. The highest BCUT2D eigenvalue weighted by atomic mass is 19.1. The predicted molar refractivity (Wildman–Crippen MR) is 46.3 cm³/mol. The first-order valence-corrected chi connectivity index (χ1v) is 4.14. The third kappa shape index (κ3) is 1.15. The van der Waals surface area contributed by atoms with Crippen LogP contribution in [0.4, 0.5) is 4.39 Å². The summed E-state index contributed by atoms with van der Waals surface area (Å²) in [5.74, 6) is 0.327. The van der Waals surface area contributed by atoms with E-state index in [2.05, 4.69) is 12.7 Å². The van der Waals surface area contributed by atoms with E-state index in [9.17, 15) is 4.39 Å². The first kappa shape index (κ1) is 7.53. The fraction of sp³-hybridized carbons (Fsp3) is 0.273. The van der Waals surface area contributed by atoms with Gasteiger partial charge in [0.15, 0.2) is 0 Å². The van der Waals surface area contributed by atoms with Gasteiger partial charge in [0.25, 0.3) is 0 Å². The van der Waals surface area contributed by atoms with Gasteiger partial charge in [-0.25, -0.2) is 4.39 Å². The van der Waals surface area contributed by atoms with Gasteiger partial charge in [-0.1, -0.05) is 24.8 Å². The van der Waals surface area contributed by atoms with Crippen LogP contribution in [0.5, 0.6) is 0 Å². The van der Waals surface area contributed by atoms with Crippen LogP contribution in [-0.2, 0) is 0 Å². The zero-order valence-electron chi connectivity index (χ0n) is 6.81. The van der Waals surface area contributed by atoms with Crippen LogP contribution >= 0.6 is 0 Å². The highest BCUT2D eigenvalue weighted by Gasteiger charge is 2.26. The van der Waals surface area contributed by atoms with Gasteiger partial charge in [0, 0.05) is 5.56 Å². The minimum atomic E-state index is -0.130. The topological polar surface area (TPSA) is 0 Å². The van der Waals surface area contributed by atoms with Gasteiger partial charge >= 0.3 is 0 Å². The molecule has 1 heteroatoms. The first-order valence-electron chi connectivity index (χ1n) is 4.14. The van der Waals surface area contributed by atoms with E-state index in [0.29, 0.717) is 11.5 Å². The lowest BCUT2D eigenvalue weighted by molar-refractivity contribution is 0.605. The van der Waals surface area contributed by atoms with Crippen LogP contribution in [0.2, 0.25) is 0 Å². The summed E-state index contributed by atoms with van der Waals surface area (Å²) in [7, 11) is 0. The van der Waals surface area contributed by atoms with E-state index in [-0.39, 0.29) is 5.82 Å². The summed E-state index contributed by atoms with van der Waals surface area (Å²) >= 11 is 0. The van der Waals surface area contributed by atoms with Gasteiger partial charge in [0.2, 0.25) is 0 Å². The van der Waals surface area contributed by atoms with Crippen molar-refractivity contribution in [2.24, 2.45) is 0 Å². The molecule has 0 spiro atoms. The summed E-state index contributed by atoms with van der Waals surface area (Å²) in [5, 5.41) is 0. The van der Waals surface area contributed by atoms with Gasteiger partial charge in [-0.15, -0.1) is 0 Å². The Bertz CT molecular complexity index is 311. The molecule has 1 fully saturated rings. The maximum atomic E-state index is 13.5. The van der Waals surface area contributed by atoms with Crippen LogP contribution in [0.3, 0.4) is 0 Å². The Hall–Kier alpha value is -1.11. The van der Waals surface area contributed by atoms with E-state index in [0.717, 1.165) is 18.4 Å². The lowest BCUT2D eigenvalue weighted by Crippen LogP contribution is -1.90. The molecule has 1 aromatic carbocycles. The Morgan fingerprint density at radius 2 is 2.17 bits per heavy atom. The van der Waals surface area contributed by atoms with Crippen molar-refractivity contribution >= 4 is 0 Å². The van der Waals surface area contributed by atoms with E-state index in [1.54, 1.807) is 6.07 Å². The van der Waals surface area contributed by atoms with Crippen molar-refractivity contribution in [1.29, 1.82) is 0 Å². The monoisotopic (exact) mass is 161 g/mol. The molecule has 0 heterocycles. The molecule has 1 aliphatic rings. The van der Waals surface area contributed by atoms with Crippen LogP contribution in [0.25, 0.3) is 0 Å². The molecule has 1 saturated carbocycles. The van der Waals surface area contributed by atoms with Crippen molar-refractivity contribution in [3.8, 4) is 0 Å². The molecular weight excluding hydrogens is 151 g/mol. The van der Waals surface area contributed by atoms with Crippen molar-refractivity contribution in [3.63, 3.8) is 0 Å². The molecule has 0 aliphatic heterocycles. The fourth-order valence-electron chi connectivity index (χ4n) is 1.40. The molecule has 1 radical (unpaired) electrons. The maximum Gasteiger partial charge on any atom is 0.134 e. The summed E-state index contributed by atoms with van der Waals surface area (Å²) < 4.78 is 13.5. The Labute approximate surface area is 71.7 Å². The summed E-state index contributed by atoms with van der Waals surface area (Å²) in [6, 6.07) is 5.42. The molecule has 0 saturated heterocycles. The molecule has 0 amide bonds. The van der Waals surface area contributed by atoms with E-state index < -0.39 is 0 Å². The number of halogens is 1. The maximum absolute atomic E-state index is 13.5. The average Bonchev–Trinajstić information content (AvgIpc) is 2.88. The van der Waals surface area contributed by atoms with E-state index in [1.807, 2.05) is 12.1 Å². The summed E-state index contributed by atoms with van der Waals surface area (Å²) in [6.07, 6.45) is 4.84. The SMILES string of the molecule is C=[C]c1cccc(C2CC2)c1F. The van der Waals surface area contributed by atoms with Crippen LogP contribution in [0.1, 0.15) is 29.9 Å². The smallest absolute Gasteiger partial charge is 0.134 e. The minimum Gasteiger partial charge on any atom is -0.206 e. The van der Waals surface area contributed by atoms with Crippen LogP contribution in [-0.4, -0.2) is 0 Å². The van der Waals surface area contributed by atoms with Crippen molar-refractivity contribution < 1.29 is 4.39 Å². The van der Waals surface area contributed by atoms with E-state index >= 15 is 0 Å². The van der Waals surface area contributed by atoms with Crippen molar-refractivity contribution in [2.45, 2.75) is 18.8 Å². The largest absolute Gasteiger partial charge is 0.206 e. The Morgan fingerprint density at radius 3 is 2.75 bits per heavy atom. The summed E-state index contributed by atoms with van der Waals surface area (Å²) in [4.78, 5) is 0. The second-order valence-electron chi connectivity index (χ2n) is 3.16. The van der Waals surface area contributed by atoms with Gasteiger partial charge in [-0.05, 0) is 30.4 Å². The zero-order valence-corrected chi connectivity index (χ0v) is 6.81. The minimum absolute atomic E-state index is 0.130. The molecule has 0 atom stereocenters. The molecule has 1 aromatic rings. The second kappa shape index (κ2) is 2.74.